The van der Waals surface area contributed by atoms with Crippen LogP contribution in [-0.4, -0.2) is 30.9 Å². The van der Waals surface area contributed by atoms with Crippen LogP contribution >= 0.6 is 0 Å². The fourth-order valence-electron chi connectivity index (χ4n) is 3.38. The maximum absolute atomic E-state index is 14.1. The van der Waals surface area contributed by atoms with Crippen molar-refractivity contribution in [1.82, 2.24) is 9.99 Å². The van der Waals surface area contributed by atoms with Crippen molar-refractivity contribution in [3.63, 3.8) is 0 Å². The molecular weight excluding hydrogens is 373 g/mol. The van der Waals surface area contributed by atoms with Gasteiger partial charge in [-0.3, -0.25) is 4.79 Å². The number of hydrogen-bond donors (Lipinski definition) is 1. The van der Waals surface area contributed by atoms with E-state index in [2.05, 4.69) is 35.0 Å². The molecule has 2 aromatic carbocycles. The first kappa shape index (κ1) is 20.4. The molecule has 0 atom stereocenters. The number of hydrogen-bond acceptors (Lipinski definition) is 4. The van der Waals surface area contributed by atoms with Crippen LogP contribution in [0, 0.1) is 19.7 Å². The molecule has 0 saturated carbocycles. The second-order valence-electron chi connectivity index (χ2n) is 6.75. The average Bonchev–Trinajstić information content (AvgIpc) is 3.04. The van der Waals surface area contributed by atoms with E-state index in [0.29, 0.717) is 12.3 Å². The van der Waals surface area contributed by atoms with E-state index in [1.54, 1.807) is 0 Å². The standard InChI is InChI=1S/C22H24FN3O3/c1-14-6-5-7-18-22(14)15(2)13-26(18)9-8-21(27)25-24-12-16-10-19(28-3)20(29-4)11-17(16)23/h5-7,10-13H,8-9H2,1-4H3,(H,25,27). The quantitative estimate of drug-likeness (QED) is 0.485. The number of aromatic nitrogens is 1. The van der Waals surface area contributed by atoms with Crippen molar-refractivity contribution in [1.29, 1.82) is 0 Å². The summed E-state index contributed by atoms with van der Waals surface area (Å²) < 4.78 is 26.3. The summed E-state index contributed by atoms with van der Waals surface area (Å²) in [6.07, 6.45) is 3.55. The van der Waals surface area contributed by atoms with Gasteiger partial charge in [0.15, 0.2) is 11.5 Å². The highest BCUT2D eigenvalue weighted by atomic mass is 19.1. The van der Waals surface area contributed by atoms with E-state index in [1.807, 2.05) is 18.3 Å². The first-order valence-corrected chi connectivity index (χ1v) is 9.23. The summed E-state index contributed by atoms with van der Waals surface area (Å²) in [6.45, 7) is 4.67. The number of ether oxygens (including phenoxy) is 2. The maximum atomic E-state index is 14.1. The molecule has 1 aromatic heterocycles. The molecule has 1 N–H and O–H groups in total. The van der Waals surface area contributed by atoms with Gasteiger partial charge in [0.1, 0.15) is 5.82 Å². The zero-order chi connectivity index (χ0) is 21.0. The van der Waals surface area contributed by atoms with Gasteiger partial charge in [-0.15, -0.1) is 0 Å². The van der Waals surface area contributed by atoms with Crippen molar-refractivity contribution >= 4 is 23.0 Å². The Morgan fingerprint density at radius 2 is 1.90 bits per heavy atom. The zero-order valence-electron chi connectivity index (χ0n) is 17.0. The number of carbonyl (C=O) groups excluding carboxylic acids is 1. The zero-order valence-corrected chi connectivity index (χ0v) is 17.0. The number of methoxy groups -OCH3 is 2. The highest BCUT2D eigenvalue weighted by molar-refractivity contribution is 5.87. The first-order valence-electron chi connectivity index (χ1n) is 9.23. The molecule has 0 spiro atoms. The minimum atomic E-state index is -0.523. The molecule has 3 rings (SSSR count). The van der Waals surface area contributed by atoms with Gasteiger partial charge < -0.3 is 14.0 Å². The van der Waals surface area contributed by atoms with Crippen molar-refractivity contribution < 1.29 is 18.7 Å². The molecule has 29 heavy (non-hydrogen) atoms. The van der Waals surface area contributed by atoms with Crippen LogP contribution < -0.4 is 14.9 Å². The van der Waals surface area contributed by atoms with Crippen LogP contribution in [0.2, 0.25) is 0 Å². The third-order valence-corrected chi connectivity index (χ3v) is 4.78. The molecule has 7 heteroatoms. The lowest BCUT2D eigenvalue weighted by Crippen LogP contribution is -2.19. The summed E-state index contributed by atoms with van der Waals surface area (Å²) >= 11 is 0. The van der Waals surface area contributed by atoms with Gasteiger partial charge in [0, 0.05) is 41.7 Å². The van der Waals surface area contributed by atoms with Gasteiger partial charge in [0.05, 0.1) is 20.4 Å². The van der Waals surface area contributed by atoms with Crippen LogP contribution in [0.15, 0.2) is 41.6 Å². The molecule has 0 fully saturated rings. The average molecular weight is 397 g/mol. The van der Waals surface area contributed by atoms with Crippen LogP contribution in [0.5, 0.6) is 11.5 Å². The number of amides is 1. The van der Waals surface area contributed by atoms with Crippen LogP contribution in [0.25, 0.3) is 10.9 Å². The predicted octanol–water partition coefficient (Wildman–Crippen LogP) is 3.95. The summed E-state index contributed by atoms with van der Waals surface area (Å²) in [4.78, 5) is 12.1. The van der Waals surface area contributed by atoms with E-state index in [9.17, 15) is 9.18 Å². The number of fused-ring (bicyclic) bond motifs is 1. The molecule has 1 heterocycles. The maximum Gasteiger partial charge on any atom is 0.241 e. The van der Waals surface area contributed by atoms with Gasteiger partial charge in [-0.1, -0.05) is 12.1 Å². The van der Waals surface area contributed by atoms with Crippen molar-refractivity contribution in [2.24, 2.45) is 5.10 Å². The van der Waals surface area contributed by atoms with Gasteiger partial charge in [-0.05, 0) is 37.1 Å². The second kappa shape index (κ2) is 8.77. The summed E-state index contributed by atoms with van der Waals surface area (Å²) in [5.41, 5.74) is 6.12. The molecule has 152 valence electrons. The number of nitrogens with one attached hydrogen (secondary N) is 1. The van der Waals surface area contributed by atoms with E-state index >= 15 is 0 Å². The Kier molecular flexibility index (Phi) is 6.16. The Balaban J connectivity index is 1.63. The highest BCUT2D eigenvalue weighted by Gasteiger charge is 2.11. The number of hydrazone groups is 1. The Hall–Kier alpha value is -3.35. The molecule has 3 aromatic rings. The number of nitrogens with zero attached hydrogens (tertiary/aromatic N) is 2. The molecule has 6 nitrogen and oxygen atoms in total. The molecule has 0 bridgehead atoms. The van der Waals surface area contributed by atoms with Gasteiger partial charge >= 0.3 is 0 Å². The van der Waals surface area contributed by atoms with Gasteiger partial charge in [0.2, 0.25) is 5.91 Å². The molecule has 1 amide bonds. The smallest absolute Gasteiger partial charge is 0.241 e. The van der Waals surface area contributed by atoms with Gasteiger partial charge in [-0.25, -0.2) is 9.82 Å². The Labute approximate surface area is 168 Å². The van der Waals surface area contributed by atoms with Crippen molar-refractivity contribution in [2.45, 2.75) is 26.8 Å². The first-order chi connectivity index (χ1) is 13.9. The van der Waals surface area contributed by atoms with Crippen molar-refractivity contribution in [3.05, 3.63) is 59.0 Å². The van der Waals surface area contributed by atoms with Crippen molar-refractivity contribution in [3.8, 4) is 11.5 Å². The minimum absolute atomic E-state index is 0.186. The predicted molar refractivity (Wildman–Crippen MR) is 111 cm³/mol. The topological polar surface area (TPSA) is 64.8 Å². The number of aryl methyl sites for hydroxylation is 3. The van der Waals surface area contributed by atoms with E-state index in [0.717, 1.165) is 5.52 Å². The summed E-state index contributed by atoms with van der Waals surface area (Å²) in [6, 6.07) is 8.81. The van der Waals surface area contributed by atoms with Crippen molar-refractivity contribution in [2.75, 3.05) is 14.2 Å². The van der Waals surface area contributed by atoms with Crippen LogP contribution in [0.1, 0.15) is 23.1 Å². The van der Waals surface area contributed by atoms with E-state index in [4.69, 9.17) is 9.47 Å². The molecule has 0 unspecified atom stereocenters. The summed E-state index contributed by atoms with van der Waals surface area (Å²) in [5.74, 6) is -0.109. The van der Waals surface area contributed by atoms with Gasteiger partial charge in [-0.2, -0.15) is 5.10 Å². The number of carbonyl (C=O) groups is 1. The highest BCUT2D eigenvalue weighted by Crippen LogP contribution is 2.29. The Morgan fingerprint density at radius 3 is 2.62 bits per heavy atom. The monoisotopic (exact) mass is 397 g/mol. The molecule has 0 saturated heterocycles. The van der Waals surface area contributed by atoms with Gasteiger partial charge in [0.25, 0.3) is 0 Å². The lowest BCUT2D eigenvalue weighted by molar-refractivity contribution is -0.121. The Bertz CT molecular complexity index is 1070. The molecular formula is C22H24FN3O3. The lowest BCUT2D eigenvalue weighted by atomic mass is 10.1. The van der Waals surface area contributed by atoms with Crippen LogP contribution in [0.4, 0.5) is 4.39 Å². The third kappa shape index (κ3) is 4.39. The number of benzene rings is 2. The van der Waals surface area contributed by atoms with E-state index in [1.165, 1.54) is 49.1 Å². The van der Waals surface area contributed by atoms with Crippen LogP contribution in [0.3, 0.4) is 0 Å². The van der Waals surface area contributed by atoms with E-state index in [-0.39, 0.29) is 23.6 Å². The summed E-state index contributed by atoms with van der Waals surface area (Å²) in [7, 11) is 2.90. The number of halogens is 1. The molecule has 0 aliphatic heterocycles. The lowest BCUT2D eigenvalue weighted by Gasteiger charge is -2.08. The SMILES string of the molecule is COc1cc(F)c(C=NNC(=O)CCn2cc(C)c3c(C)cccc32)cc1OC. The molecule has 0 radical (unpaired) electrons. The molecule has 0 aliphatic rings. The second-order valence-corrected chi connectivity index (χ2v) is 6.75. The summed E-state index contributed by atoms with van der Waals surface area (Å²) in [5, 5.41) is 5.07. The molecule has 0 aliphatic carbocycles. The Morgan fingerprint density at radius 1 is 1.17 bits per heavy atom. The normalized spacial score (nSPS) is 11.2. The van der Waals surface area contributed by atoms with Crippen LogP contribution in [-0.2, 0) is 11.3 Å². The fraction of sp³-hybridized carbons (Fsp3) is 0.273. The largest absolute Gasteiger partial charge is 0.493 e. The fourth-order valence-corrected chi connectivity index (χ4v) is 3.38. The number of rotatable bonds is 7. The minimum Gasteiger partial charge on any atom is -0.493 e. The third-order valence-electron chi connectivity index (χ3n) is 4.78. The van der Waals surface area contributed by atoms with E-state index < -0.39 is 5.82 Å².